The quantitative estimate of drug-likeness (QED) is 0.654. The molecule has 1 saturated heterocycles. The van der Waals surface area contributed by atoms with E-state index in [-0.39, 0.29) is 5.54 Å². The highest BCUT2D eigenvalue weighted by Crippen LogP contribution is 2.15. The van der Waals surface area contributed by atoms with Gasteiger partial charge in [0.25, 0.3) is 0 Å². The summed E-state index contributed by atoms with van der Waals surface area (Å²) < 4.78 is 10.6. The van der Waals surface area contributed by atoms with Crippen molar-refractivity contribution < 1.29 is 9.47 Å². The summed E-state index contributed by atoms with van der Waals surface area (Å²) in [5.74, 6) is 0. The SMILES string of the molecule is COCCCOCCN1CCNCC1(C)C. The van der Waals surface area contributed by atoms with E-state index in [0.717, 1.165) is 52.4 Å². The number of methoxy groups -OCH3 is 1. The topological polar surface area (TPSA) is 33.7 Å². The number of hydrogen-bond donors (Lipinski definition) is 1. The van der Waals surface area contributed by atoms with Gasteiger partial charge in [0.2, 0.25) is 0 Å². The highest BCUT2D eigenvalue weighted by atomic mass is 16.5. The Labute approximate surface area is 99.3 Å². The second-order valence-electron chi connectivity index (χ2n) is 4.93. The first-order valence-corrected chi connectivity index (χ1v) is 6.19. The Morgan fingerprint density at radius 1 is 1.25 bits per heavy atom. The molecule has 0 atom stereocenters. The molecule has 16 heavy (non-hydrogen) atoms. The molecule has 96 valence electrons. The summed E-state index contributed by atoms with van der Waals surface area (Å²) in [6.45, 7) is 11.3. The van der Waals surface area contributed by atoms with Crippen LogP contribution in [-0.2, 0) is 9.47 Å². The van der Waals surface area contributed by atoms with Crippen LogP contribution in [0.3, 0.4) is 0 Å². The normalized spacial score (nSPS) is 21.2. The van der Waals surface area contributed by atoms with Crippen molar-refractivity contribution in [3.63, 3.8) is 0 Å². The second kappa shape index (κ2) is 7.22. The van der Waals surface area contributed by atoms with E-state index in [1.807, 2.05) is 0 Å². The summed E-state index contributed by atoms with van der Waals surface area (Å²) in [7, 11) is 1.73. The van der Waals surface area contributed by atoms with E-state index in [4.69, 9.17) is 9.47 Å². The van der Waals surface area contributed by atoms with Gasteiger partial charge in [-0.2, -0.15) is 0 Å². The van der Waals surface area contributed by atoms with Gasteiger partial charge in [-0.1, -0.05) is 0 Å². The molecule has 0 aliphatic carbocycles. The number of nitrogens with one attached hydrogen (secondary N) is 1. The van der Waals surface area contributed by atoms with E-state index in [1.54, 1.807) is 7.11 Å². The largest absolute Gasteiger partial charge is 0.385 e. The van der Waals surface area contributed by atoms with Crippen LogP contribution in [-0.4, -0.2) is 63.5 Å². The number of hydrogen-bond acceptors (Lipinski definition) is 4. The van der Waals surface area contributed by atoms with Gasteiger partial charge >= 0.3 is 0 Å². The average Bonchev–Trinajstić information content (AvgIpc) is 2.25. The minimum Gasteiger partial charge on any atom is -0.385 e. The molecule has 1 N–H and O–H groups in total. The maximum atomic E-state index is 5.59. The summed E-state index contributed by atoms with van der Waals surface area (Å²) in [4.78, 5) is 2.50. The Kier molecular flexibility index (Phi) is 6.28. The van der Waals surface area contributed by atoms with Crippen molar-refractivity contribution in [2.24, 2.45) is 0 Å². The molecular weight excluding hydrogens is 204 g/mol. The van der Waals surface area contributed by atoms with Crippen LogP contribution in [0, 0.1) is 0 Å². The van der Waals surface area contributed by atoms with Gasteiger partial charge in [0.1, 0.15) is 0 Å². The van der Waals surface area contributed by atoms with Crippen molar-refractivity contribution in [2.75, 3.05) is 53.1 Å². The van der Waals surface area contributed by atoms with Gasteiger partial charge in [-0.15, -0.1) is 0 Å². The van der Waals surface area contributed by atoms with Crippen molar-refractivity contribution in [1.82, 2.24) is 10.2 Å². The van der Waals surface area contributed by atoms with Gasteiger partial charge in [0, 0.05) is 52.0 Å². The molecule has 0 aromatic rings. The molecule has 1 aliphatic rings. The van der Waals surface area contributed by atoms with Crippen LogP contribution in [0.15, 0.2) is 0 Å². The molecule has 0 amide bonds. The predicted octanol–water partition coefficient (Wildman–Crippen LogP) is 0.723. The summed E-state index contributed by atoms with van der Waals surface area (Å²) >= 11 is 0. The Bertz CT molecular complexity index is 186. The van der Waals surface area contributed by atoms with Crippen molar-refractivity contribution in [1.29, 1.82) is 0 Å². The Morgan fingerprint density at radius 3 is 2.75 bits per heavy atom. The molecule has 0 bridgehead atoms. The molecule has 0 radical (unpaired) electrons. The molecule has 4 heteroatoms. The van der Waals surface area contributed by atoms with Crippen LogP contribution in [0.25, 0.3) is 0 Å². The number of rotatable bonds is 7. The molecule has 1 aliphatic heterocycles. The van der Waals surface area contributed by atoms with Gasteiger partial charge in [-0.3, -0.25) is 4.90 Å². The first-order valence-electron chi connectivity index (χ1n) is 6.19. The minimum atomic E-state index is 0.258. The van der Waals surface area contributed by atoms with Crippen LogP contribution < -0.4 is 5.32 Å². The number of ether oxygens (including phenoxy) is 2. The minimum absolute atomic E-state index is 0.258. The van der Waals surface area contributed by atoms with Gasteiger partial charge in [0.05, 0.1) is 6.61 Å². The van der Waals surface area contributed by atoms with Crippen molar-refractivity contribution >= 4 is 0 Å². The lowest BCUT2D eigenvalue weighted by Gasteiger charge is -2.42. The van der Waals surface area contributed by atoms with Crippen LogP contribution in [0.2, 0.25) is 0 Å². The van der Waals surface area contributed by atoms with Gasteiger partial charge in [-0.25, -0.2) is 0 Å². The van der Waals surface area contributed by atoms with Gasteiger partial charge in [-0.05, 0) is 20.3 Å². The monoisotopic (exact) mass is 230 g/mol. The third kappa shape index (κ3) is 4.78. The predicted molar refractivity (Wildman–Crippen MR) is 65.8 cm³/mol. The fourth-order valence-corrected chi connectivity index (χ4v) is 2.02. The van der Waals surface area contributed by atoms with Crippen molar-refractivity contribution in [3.05, 3.63) is 0 Å². The molecule has 1 fully saturated rings. The molecule has 0 aromatic carbocycles. The molecule has 0 aromatic heterocycles. The Hall–Kier alpha value is -0.160. The molecule has 4 nitrogen and oxygen atoms in total. The zero-order valence-electron chi connectivity index (χ0n) is 10.9. The molecule has 0 saturated carbocycles. The van der Waals surface area contributed by atoms with Crippen LogP contribution in [0.5, 0.6) is 0 Å². The first kappa shape index (κ1) is 13.9. The van der Waals surface area contributed by atoms with Crippen LogP contribution >= 0.6 is 0 Å². The molecule has 1 rings (SSSR count). The van der Waals surface area contributed by atoms with E-state index in [2.05, 4.69) is 24.1 Å². The van der Waals surface area contributed by atoms with Gasteiger partial charge in [0.15, 0.2) is 0 Å². The first-order chi connectivity index (χ1) is 7.67. The summed E-state index contributed by atoms with van der Waals surface area (Å²) in [5.41, 5.74) is 0.258. The third-order valence-electron chi connectivity index (χ3n) is 3.11. The second-order valence-corrected chi connectivity index (χ2v) is 4.93. The Balaban J connectivity index is 2.07. The molecule has 1 heterocycles. The molecule has 0 spiro atoms. The summed E-state index contributed by atoms with van der Waals surface area (Å²) in [5, 5.41) is 3.42. The van der Waals surface area contributed by atoms with Crippen LogP contribution in [0.4, 0.5) is 0 Å². The van der Waals surface area contributed by atoms with E-state index in [1.165, 1.54) is 0 Å². The zero-order chi connectivity index (χ0) is 11.9. The lowest BCUT2D eigenvalue weighted by atomic mass is 10.0. The summed E-state index contributed by atoms with van der Waals surface area (Å²) in [6, 6.07) is 0. The standard InChI is InChI=1S/C12H26N2O2/c1-12(2)11-13-5-6-14(12)7-10-16-9-4-8-15-3/h13H,4-11H2,1-3H3. The fourth-order valence-electron chi connectivity index (χ4n) is 2.02. The maximum absolute atomic E-state index is 5.59. The fraction of sp³-hybridized carbons (Fsp3) is 1.00. The highest BCUT2D eigenvalue weighted by molar-refractivity contribution is 4.87. The highest BCUT2D eigenvalue weighted by Gasteiger charge is 2.28. The van der Waals surface area contributed by atoms with E-state index in [0.29, 0.717) is 0 Å². The van der Waals surface area contributed by atoms with E-state index < -0.39 is 0 Å². The van der Waals surface area contributed by atoms with Crippen LogP contribution in [0.1, 0.15) is 20.3 Å². The van der Waals surface area contributed by atoms with E-state index in [9.17, 15) is 0 Å². The number of piperazine rings is 1. The molecular formula is C12H26N2O2. The van der Waals surface area contributed by atoms with E-state index >= 15 is 0 Å². The van der Waals surface area contributed by atoms with Crippen molar-refractivity contribution in [2.45, 2.75) is 25.8 Å². The third-order valence-corrected chi connectivity index (χ3v) is 3.11. The molecule has 0 unspecified atom stereocenters. The average molecular weight is 230 g/mol. The maximum Gasteiger partial charge on any atom is 0.0593 e. The van der Waals surface area contributed by atoms with Crippen molar-refractivity contribution in [3.8, 4) is 0 Å². The smallest absolute Gasteiger partial charge is 0.0593 e. The zero-order valence-corrected chi connectivity index (χ0v) is 10.9. The summed E-state index contributed by atoms with van der Waals surface area (Å²) in [6.07, 6.45) is 0.988. The lowest BCUT2D eigenvalue weighted by Crippen LogP contribution is -2.58. The Morgan fingerprint density at radius 2 is 2.06 bits per heavy atom. The number of nitrogens with zero attached hydrogens (tertiary/aromatic N) is 1. The van der Waals surface area contributed by atoms with Gasteiger partial charge < -0.3 is 14.8 Å². The lowest BCUT2D eigenvalue weighted by molar-refractivity contribution is 0.0375.